The van der Waals surface area contributed by atoms with E-state index in [0.717, 1.165) is 41.6 Å². The van der Waals surface area contributed by atoms with E-state index in [2.05, 4.69) is 57.1 Å². The number of anilines is 3. The van der Waals surface area contributed by atoms with Crippen LogP contribution < -0.4 is 73.6 Å². The minimum Gasteiger partial charge on any atom is -0.383 e. The number of imidazole rings is 1. The number of nitrogens with zero attached hydrogens (tertiary/aromatic N) is 12. The molecular formula is C71H96N19O38P7S7. The van der Waals surface area contributed by atoms with Crippen molar-refractivity contribution in [3.63, 3.8) is 0 Å². The van der Waals surface area contributed by atoms with Crippen molar-refractivity contribution >= 4 is 159 Å². The number of nitrogens with one attached hydrogen (secondary N) is 4. The first-order chi connectivity index (χ1) is 66.5. The summed E-state index contributed by atoms with van der Waals surface area (Å²) in [5, 5.41) is 0. The topological polar surface area (TPSA) is 754 Å². The van der Waals surface area contributed by atoms with Crippen molar-refractivity contribution in [1.82, 2.24) is 76.8 Å². The molecule has 0 aromatic carbocycles. The van der Waals surface area contributed by atoms with E-state index in [1.54, 1.807) is 20.8 Å². The molecule has 6 unspecified atom stereocenters. The average Bonchev–Trinajstić information content (AvgIpc) is 1.59. The van der Waals surface area contributed by atoms with E-state index in [0.29, 0.717) is 17.5 Å². The molecule has 0 bridgehead atoms. The molecule has 0 amide bonds. The van der Waals surface area contributed by atoms with Gasteiger partial charge in [-0.25, -0.2) is 48.3 Å². The summed E-state index contributed by atoms with van der Waals surface area (Å²) in [6.45, 7) is -26.7. The highest BCUT2D eigenvalue weighted by Crippen LogP contribution is 2.60. The van der Waals surface area contributed by atoms with Gasteiger partial charge in [0.2, 0.25) is 0 Å². The Morgan fingerprint density at radius 3 is 0.908 bits per heavy atom. The lowest BCUT2D eigenvalue weighted by Crippen LogP contribution is -2.33. The number of hydrogen-bond acceptors (Lipinski definition) is 45. The molecule has 8 aromatic rings. The Morgan fingerprint density at radius 2 is 0.613 bits per heavy atom. The molecular weight excluding hydrogens is 2170 g/mol. The highest BCUT2D eigenvalue weighted by Gasteiger charge is 2.52. The van der Waals surface area contributed by atoms with Crippen molar-refractivity contribution in [2.24, 2.45) is 0 Å². The molecule has 0 saturated carbocycles. The SMILES string of the molecule is CC[C@H]1O[C@@H](n2cc(C)c(N)nc2=O)C[C@H]1OP(O)(=S)OC[C@H]1O[C@@H](n2cc(C)c(=O)[nH]c2=O)C[C@H]1OP(=O)(S)OC[C@H]1O[C@@H](n2cc(C)c(=O)[nH]c2=O)C[C@H]1OP(O)(=S)OC[C@H]1O[C@@H](n2cc(C)c(=O)[nH]c2=O)C[C@H]1OP(O)(=S)OC[C@H]1O[C@@H](n2cnc3c(N)ncnc32)C[C@H]1OP(O)(=S)OC[C@H]1O[C@@H](n2cc(C)c(=O)[nH]c2=O)C[C@H]1OP(O)(=S)OC[C@H]1O[C@@H](n2cc(C)c(N)nc2=O)C[C@H]1OP(O)(O)=S. The number of aromatic amines is 4. The number of H-pyrrole nitrogens is 4. The van der Waals surface area contributed by atoms with Gasteiger partial charge in [0.15, 0.2) is 11.5 Å². The zero-order chi connectivity index (χ0) is 103. The Kier molecular flexibility index (Phi) is 34.2. The fourth-order valence-corrected chi connectivity index (χ4v) is 26.2. The van der Waals surface area contributed by atoms with Gasteiger partial charge < -0.3 is 134 Å². The number of aryl methyl sites for hydroxylation is 6. The van der Waals surface area contributed by atoms with Gasteiger partial charge >= 0.3 is 81.2 Å². The first-order valence-corrected chi connectivity index (χ1v) is 61.0. The standard InChI is InChI=1S/C71H96N19O38P7S7/c1-8-36-37(9-50(115-36)84-16-30(2)58(72)78-66(84)95)123-130(103,137)110-23-45-39(11-52(117-45)86-18-32(4)62(91)80-68(86)97)125-132(105,139)111-24-46-41(13-54(118-46)88-20-34(6)64(93)82-70(88)99)126-133(106,140)112-25-47-42(14-55(119-47)89-21-35(7)65(94)83-71(89)100)127-134(107,141)114-27-49-43(15-56(121-49)90-29-77-57-60(74)75-28-76-61(57)90)128-135(108,142)113-26-48-40(12-53(120-48)87-19-33(5)63(92)81-69(87)98)124-131(104,138)109-22-44-38(122-129(101,102)136)10-51(116-44)85-17-31(3)59(73)79-67(85)96/h16-21,28-29,36-56H,8-15,22-27H2,1-7H3,(H,103,137)(H,104,138)(H,105,139)(H,106,140)(H,107,141)(H,108,142)(H2,72,78,95)(H2,73,79,96)(H2,74,75,76)(H,80,91,97)(H,81,92,98)(H,82,93,99)(H,83,94,100)(H2,101,102,136)/t36-,37-,38-,39-,40-,41-,42-,43-,44-,45-,46-,47-,48-,49-,50-,51-,52-,53-,54-,55-,56-,130?,131?,132?,133?,134?,135?/m1/s1. The quantitative estimate of drug-likeness (QED) is 0.0185. The summed E-state index contributed by atoms with van der Waals surface area (Å²) in [6, 6.07) is 0. The Balaban J connectivity index is 0.635. The van der Waals surface area contributed by atoms with Crippen LogP contribution in [0.2, 0.25) is 0 Å². The minimum atomic E-state index is -4.82. The Bertz CT molecular complexity index is 7150. The highest BCUT2D eigenvalue weighted by atomic mass is 32.7. The monoisotopic (exact) mass is 2260 g/mol. The van der Waals surface area contributed by atoms with Gasteiger partial charge in [0.25, 0.3) is 22.2 Å². The van der Waals surface area contributed by atoms with Crippen molar-refractivity contribution in [1.29, 1.82) is 0 Å². The number of fused-ring (bicyclic) bond motifs is 1. The van der Waals surface area contributed by atoms with Crippen LogP contribution in [0.1, 0.15) is 135 Å². The summed E-state index contributed by atoms with van der Waals surface area (Å²) in [4.78, 5) is 240. The molecule has 57 nitrogen and oxygen atoms in total. The highest BCUT2D eigenvalue weighted by molar-refractivity contribution is 8.44. The molecule has 142 heavy (non-hydrogen) atoms. The second-order valence-electron chi connectivity index (χ2n) is 33.5. The largest absolute Gasteiger partial charge is 0.386 e. The molecule has 15 heterocycles. The Hall–Kier alpha value is -6.17. The first kappa shape index (κ1) is 110. The van der Waals surface area contributed by atoms with E-state index < -0.39 is 285 Å². The lowest BCUT2D eigenvalue weighted by molar-refractivity contribution is -0.0572. The van der Waals surface area contributed by atoms with Gasteiger partial charge in [0.1, 0.15) is 110 Å². The minimum absolute atomic E-state index is 0.0113. The third-order valence-electron chi connectivity index (χ3n) is 23.5. The van der Waals surface area contributed by atoms with E-state index in [4.69, 9.17) is 180 Å². The lowest BCUT2D eigenvalue weighted by atomic mass is 10.1. The molecule has 0 spiro atoms. The van der Waals surface area contributed by atoms with E-state index in [-0.39, 0.29) is 83.0 Å². The van der Waals surface area contributed by atoms with Crippen molar-refractivity contribution in [2.75, 3.05) is 56.8 Å². The van der Waals surface area contributed by atoms with E-state index in [9.17, 15) is 86.8 Å². The van der Waals surface area contributed by atoms with Crippen LogP contribution in [0.15, 0.2) is 97.8 Å². The molecule has 71 heteroatoms. The zero-order valence-corrected chi connectivity index (χ0v) is 87.1. The number of nitrogen functional groups attached to an aromatic ring is 3. The van der Waals surface area contributed by atoms with Crippen LogP contribution >= 0.6 is 59.4 Å². The van der Waals surface area contributed by atoms with Crippen molar-refractivity contribution in [3.8, 4) is 0 Å². The summed E-state index contributed by atoms with van der Waals surface area (Å²) in [7, 11) is 0. The summed E-state index contributed by atoms with van der Waals surface area (Å²) >= 11 is 37.0. The molecule has 0 aliphatic carbocycles. The third-order valence-corrected chi connectivity index (χ3v) is 33.8. The van der Waals surface area contributed by atoms with Crippen LogP contribution in [0.5, 0.6) is 0 Å². The summed E-state index contributed by atoms with van der Waals surface area (Å²) in [5.41, 5.74) is 10.8. The van der Waals surface area contributed by atoms with Gasteiger partial charge in [-0.05, 0) is 119 Å². The second kappa shape index (κ2) is 44.2. The molecule has 17 N–H and O–H groups in total. The second-order valence-corrected chi connectivity index (χ2v) is 53.0. The normalized spacial score (nSPS) is 29.5. The molecule has 7 fully saturated rings. The third kappa shape index (κ3) is 26.6. The van der Waals surface area contributed by atoms with Crippen LogP contribution in [0.4, 0.5) is 17.5 Å². The maximum atomic E-state index is 14.8. The number of rotatable bonds is 40. The predicted molar refractivity (Wildman–Crippen MR) is 517 cm³/mol. The van der Waals surface area contributed by atoms with Crippen molar-refractivity contribution < 1.29 is 131 Å². The molecule has 27 atom stereocenters. The van der Waals surface area contributed by atoms with Crippen LogP contribution in [0, 0.1) is 41.5 Å². The van der Waals surface area contributed by atoms with Gasteiger partial charge in [-0.2, -0.15) is 9.97 Å². The van der Waals surface area contributed by atoms with Crippen molar-refractivity contribution in [2.45, 2.75) is 229 Å². The fraction of sp³-hybridized carbons (Fsp3) is 0.592. The molecule has 780 valence electrons. The van der Waals surface area contributed by atoms with Gasteiger partial charge in [-0.3, -0.25) is 80.1 Å². The number of aromatic nitrogens is 16. The van der Waals surface area contributed by atoms with Crippen LogP contribution in [0.3, 0.4) is 0 Å². The maximum absolute atomic E-state index is 14.8. The van der Waals surface area contributed by atoms with E-state index in [1.165, 1.54) is 67.9 Å². The molecule has 15 rings (SSSR count). The number of hydrogen-bond donors (Lipinski definition) is 15. The van der Waals surface area contributed by atoms with E-state index >= 15 is 0 Å². The lowest BCUT2D eigenvalue weighted by Gasteiger charge is -2.28. The Morgan fingerprint density at radius 1 is 0.359 bits per heavy atom. The average molecular weight is 2260 g/mol. The molecule has 7 saturated heterocycles. The first-order valence-electron chi connectivity index (χ1n) is 42.7. The van der Waals surface area contributed by atoms with Gasteiger partial charge in [-0.1, -0.05) is 19.2 Å². The summed E-state index contributed by atoms with van der Waals surface area (Å²) in [6.07, 6.45) is -19.9. The van der Waals surface area contributed by atoms with Crippen molar-refractivity contribution in [3.05, 3.63) is 188 Å². The molecule has 7 aliphatic heterocycles. The predicted octanol–water partition coefficient (Wildman–Crippen LogP) is 0.688. The van der Waals surface area contributed by atoms with Gasteiger partial charge in [0, 0.05) is 116 Å². The van der Waals surface area contributed by atoms with Crippen LogP contribution in [0.25, 0.3) is 11.2 Å². The molecule has 8 aromatic heterocycles. The van der Waals surface area contributed by atoms with Gasteiger partial charge in [-0.15, -0.1) is 0 Å². The Labute approximate surface area is 834 Å². The summed E-state index contributed by atoms with van der Waals surface area (Å²) < 4.78 is 144. The molecule has 0 radical (unpaired) electrons. The van der Waals surface area contributed by atoms with E-state index in [1.807, 2.05) is 0 Å². The smallest absolute Gasteiger partial charge is 0.383 e. The van der Waals surface area contributed by atoms with Gasteiger partial charge in [0.05, 0.1) is 88.7 Å². The molecule has 7 aliphatic rings. The fourth-order valence-electron chi connectivity index (χ4n) is 16.4. The maximum Gasteiger partial charge on any atom is 0.386 e. The number of nitrogens with two attached hydrogens (primary N) is 3. The number of ether oxygens (including phenoxy) is 7. The zero-order valence-electron chi connectivity index (χ0n) is 75.1. The van der Waals surface area contributed by atoms with Crippen LogP contribution in [-0.2, 0) is 167 Å². The number of thiol groups is 1. The van der Waals surface area contributed by atoms with Crippen LogP contribution in [-0.4, -0.2) is 236 Å². The summed E-state index contributed by atoms with van der Waals surface area (Å²) in [5.74, 6) is -0.0915.